The van der Waals surface area contributed by atoms with Gasteiger partial charge in [-0.3, -0.25) is 4.79 Å². The molecule has 1 saturated heterocycles. The van der Waals surface area contributed by atoms with Crippen molar-refractivity contribution in [3.05, 3.63) is 48.3 Å². The zero-order valence-electron chi connectivity index (χ0n) is 11.2. The lowest BCUT2D eigenvalue weighted by Crippen LogP contribution is -2.37. The van der Waals surface area contributed by atoms with Gasteiger partial charge in [0.15, 0.2) is 0 Å². The van der Waals surface area contributed by atoms with Gasteiger partial charge in [0.1, 0.15) is 17.6 Å². The third-order valence-electron chi connectivity index (χ3n) is 3.37. The molecule has 3 heterocycles. The second-order valence-corrected chi connectivity index (χ2v) is 4.85. The van der Waals surface area contributed by atoms with Crippen molar-refractivity contribution in [3.63, 3.8) is 0 Å². The first kappa shape index (κ1) is 13.0. The molecule has 1 unspecified atom stereocenters. The van der Waals surface area contributed by atoms with Crippen molar-refractivity contribution in [2.75, 3.05) is 6.61 Å². The van der Waals surface area contributed by atoms with Gasteiger partial charge in [0.2, 0.25) is 0 Å². The van der Waals surface area contributed by atoms with Gasteiger partial charge in [-0.2, -0.15) is 0 Å². The summed E-state index contributed by atoms with van der Waals surface area (Å²) < 4.78 is 16.1. The van der Waals surface area contributed by atoms with Crippen LogP contribution in [-0.4, -0.2) is 23.5 Å². The zero-order chi connectivity index (χ0) is 13.8. The second-order valence-electron chi connectivity index (χ2n) is 4.85. The molecule has 20 heavy (non-hydrogen) atoms. The summed E-state index contributed by atoms with van der Waals surface area (Å²) in [6, 6.07) is 7.35. The molecular formula is C15H17NO4. The Morgan fingerprint density at radius 2 is 1.80 bits per heavy atom. The van der Waals surface area contributed by atoms with Crippen LogP contribution in [0.2, 0.25) is 0 Å². The van der Waals surface area contributed by atoms with Crippen molar-refractivity contribution in [3.8, 4) is 0 Å². The molecule has 0 aliphatic carbocycles. The highest BCUT2D eigenvalue weighted by atomic mass is 16.5. The predicted octanol–water partition coefficient (Wildman–Crippen LogP) is 2.58. The molecule has 1 aliphatic heterocycles. The van der Waals surface area contributed by atoms with E-state index >= 15 is 0 Å². The van der Waals surface area contributed by atoms with E-state index in [1.165, 1.54) is 0 Å². The Kier molecular flexibility index (Phi) is 3.87. The SMILES string of the molecule is O=C(C1CCCO1)N(Cc1ccco1)Cc1ccco1. The smallest absolute Gasteiger partial charge is 0.252 e. The minimum atomic E-state index is -0.333. The number of ether oxygens (including phenoxy) is 1. The predicted molar refractivity (Wildman–Crippen MR) is 70.6 cm³/mol. The van der Waals surface area contributed by atoms with Crippen LogP contribution in [0.25, 0.3) is 0 Å². The van der Waals surface area contributed by atoms with Crippen LogP contribution >= 0.6 is 0 Å². The summed E-state index contributed by atoms with van der Waals surface area (Å²) >= 11 is 0. The Balaban J connectivity index is 1.73. The third-order valence-corrected chi connectivity index (χ3v) is 3.37. The van der Waals surface area contributed by atoms with Crippen molar-refractivity contribution in [1.82, 2.24) is 4.90 Å². The van der Waals surface area contributed by atoms with Crippen LogP contribution in [0.3, 0.4) is 0 Å². The van der Waals surface area contributed by atoms with Gasteiger partial charge in [0.05, 0.1) is 25.6 Å². The lowest BCUT2D eigenvalue weighted by atomic mass is 10.2. The Bertz CT molecular complexity index is 490. The van der Waals surface area contributed by atoms with Crippen LogP contribution in [0.5, 0.6) is 0 Å². The van der Waals surface area contributed by atoms with E-state index in [9.17, 15) is 4.79 Å². The van der Waals surface area contributed by atoms with Crippen molar-refractivity contribution in [2.24, 2.45) is 0 Å². The average Bonchev–Trinajstić information content (AvgIpc) is 3.20. The van der Waals surface area contributed by atoms with E-state index in [4.69, 9.17) is 13.6 Å². The van der Waals surface area contributed by atoms with E-state index in [1.54, 1.807) is 17.4 Å². The van der Waals surface area contributed by atoms with E-state index in [-0.39, 0.29) is 12.0 Å². The molecule has 0 radical (unpaired) electrons. The molecule has 5 nitrogen and oxygen atoms in total. The maximum atomic E-state index is 12.5. The highest BCUT2D eigenvalue weighted by molar-refractivity contribution is 5.81. The van der Waals surface area contributed by atoms with Crippen molar-refractivity contribution < 1.29 is 18.4 Å². The van der Waals surface area contributed by atoms with Crippen LogP contribution in [0.4, 0.5) is 0 Å². The van der Waals surface area contributed by atoms with Crippen molar-refractivity contribution in [1.29, 1.82) is 0 Å². The van der Waals surface area contributed by atoms with Crippen LogP contribution < -0.4 is 0 Å². The summed E-state index contributed by atoms with van der Waals surface area (Å²) in [6.45, 7) is 1.50. The van der Waals surface area contributed by atoms with Gasteiger partial charge < -0.3 is 18.5 Å². The van der Waals surface area contributed by atoms with E-state index in [1.807, 2.05) is 24.3 Å². The van der Waals surface area contributed by atoms with Gasteiger partial charge in [0, 0.05) is 6.61 Å². The lowest BCUT2D eigenvalue weighted by molar-refractivity contribution is -0.142. The molecule has 0 N–H and O–H groups in total. The van der Waals surface area contributed by atoms with Gasteiger partial charge in [0.25, 0.3) is 5.91 Å². The molecule has 0 aromatic carbocycles. The maximum Gasteiger partial charge on any atom is 0.252 e. The molecule has 0 saturated carbocycles. The topological polar surface area (TPSA) is 55.8 Å². The minimum absolute atomic E-state index is 0.00435. The second kappa shape index (κ2) is 5.96. The first-order chi connectivity index (χ1) is 9.83. The van der Waals surface area contributed by atoms with Crippen molar-refractivity contribution >= 4 is 5.91 Å². The third kappa shape index (κ3) is 2.93. The molecule has 1 atom stereocenters. The van der Waals surface area contributed by atoms with Gasteiger partial charge in [-0.25, -0.2) is 0 Å². The summed E-state index contributed by atoms with van der Waals surface area (Å²) in [5.41, 5.74) is 0. The lowest BCUT2D eigenvalue weighted by Gasteiger charge is -2.23. The molecule has 106 valence electrons. The standard InChI is InChI=1S/C15H17NO4/c17-15(14-6-3-9-20-14)16(10-12-4-1-7-18-12)11-13-5-2-8-19-13/h1-2,4-5,7-8,14H,3,6,9-11H2. The molecule has 0 bridgehead atoms. The number of rotatable bonds is 5. The largest absolute Gasteiger partial charge is 0.467 e. The minimum Gasteiger partial charge on any atom is -0.467 e. The molecule has 2 aromatic rings. The summed E-state index contributed by atoms with van der Waals surface area (Å²) in [5.74, 6) is 1.50. The first-order valence-electron chi connectivity index (χ1n) is 6.78. The molecule has 1 amide bonds. The molecule has 1 fully saturated rings. The number of hydrogen-bond donors (Lipinski definition) is 0. The van der Waals surface area contributed by atoms with E-state index < -0.39 is 0 Å². The van der Waals surface area contributed by atoms with E-state index in [0.717, 1.165) is 24.4 Å². The van der Waals surface area contributed by atoms with Gasteiger partial charge >= 0.3 is 0 Å². The Morgan fingerprint density at radius 1 is 1.15 bits per heavy atom. The Hall–Kier alpha value is -2.01. The number of amides is 1. The highest BCUT2D eigenvalue weighted by Crippen LogP contribution is 2.18. The summed E-state index contributed by atoms with van der Waals surface area (Å²) in [7, 11) is 0. The molecule has 3 rings (SSSR count). The number of carbonyl (C=O) groups excluding carboxylic acids is 1. The summed E-state index contributed by atoms with van der Waals surface area (Å²) in [6.07, 6.45) is 4.60. The van der Waals surface area contributed by atoms with Gasteiger partial charge in [-0.15, -0.1) is 0 Å². The molecule has 1 aliphatic rings. The van der Waals surface area contributed by atoms with E-state index in [0.29, 0.717) is 19.7 Å². The number of furan rings is 2. The highest BCUT2D eigenvalue weighted by Gasteiger charge is 2.29. The fourth-order valence-corrected chi connectivity index (χ4v) is 2.37. The Morgan fingerprint density at radius 3 is 2.25 bits per heavy atom. The number of nitrogens with zero attached hydrogens (tertiary/aromatic N) is 1. The fraction of sp³-hybridized carbons (Fsp3) is 0.400. The maximum absolute atomic E-state index is 12.5. The van der Waals surface area contributed by atoms with Crippen molar-refractivity contribution in [2.45, 2.75) is 32.0 Å². The first-order valence-corrected chi connectivity index (χ1v) is 6.78. The average molecular weight is 275 g/mol. The van der Waals surface area contributed by atoms with Gasteiger partial charge in [-0.1, -0.05) is 0 Å². The summed E-state index contributed by atoms with van der Waals surface area (Å²) in [4.78, 5) is 14.2. The molecule has 0 spiro atoms. The summed E-state index contributed by atoms with van der Waals surface area (Å²) in [5, 5.41) is 0. The molecule has 2 aromatic heterocycles. The Labute approximate surface area is 117 Å². The molecule has 5 heteroatoms. The fourth-order valence-electron chi connectivity index (χ4n) is 2.37. The molecular weight excluding hydrogens is 258 g/mol. The normalized spacial score (nSPS) is 18.3. The number of carbonyl (C=O) groups is 1. The van der Waals surface area contributed by atoms with Crippen LogP contribution in [0.15, 0.2) is 45.6 Å². The zero-order valence-corrected chi connectivity index (χ0v) is 11.2. The van der Waals surface area contributed by atoms with Crippen LogP contribution in [0.1, 0.15) is 24.4 Å². The van der Waals surface area contributed by atoms with Crippen LogP contribution in [0, 0.1) is 0 Å². The van der Waals surface area contributed by atoms with Gasteiger partial charge in [-0.05, 0) is 37.1 Å². The quantitative estimate of drug-likeness (QED) is 0.841. The van der Waals surface area contributed by atoms with Crippen LogP contribution in [-0.2, 0) is 22.6 Å². The monoisotopic (exact) mass is 275 g/mol. The van der Waals surface area contributed by atoms with E-state index in [2.05, 4.69) is 0 Å². The number of hydrogen-bond acceptors (Lipinski definition) is 4.